The van der Waals surface area contributed by atoms with Gasteiger partial charge in [-0.05, 0) is 46.4 Å². The van der Waals surface area contributed by atoms with Crippen molar-refractivity contribution in [1.82, 2.24) is 0 Å². The monoisotopic (exact) mass is 365 g/mol. The van der Waals surface area contributed by atoms with Gasteiger partial charge in [-0.3, -0.25) is 4.79 Å². The highest BCUT2D eigenvalue weighted by molar-refractivity contribution is 9.10. The van der Waals surface area contributed by atoms with Crippen LogP contribution < -0.4 is 10.2 Å². The summed E-state index contributed by atoms with van der Waals surface area (Å²) < 4.78 is 0.917. The molecule has 0 fully saturated rings. The van der Waals surface area contributed by atoms with E-state index in [2.05, 4.69) is 39.6 Å². The molecule has 1 amide bonds. The number of amides is 1. The Labute approximate surface area is 137 Å². The van der Waals surface area contributed by atoms with Crippen molar-refractivity contribution in [1.29, 1.82) is 0 Å². The van der Waals surface area contributed by atoms with Crippen LogP contribution in [0, 0.1) is 0 Å². The molecule has 1 aliphatic heterocycles. The summed E-state index contributed by atoms with van der Waals surface area (Å²) in [6.07, 6.45) is 1.08. The number of nitrogens with one attached hydrogen (secondary N) is 2. The molecule has 1 unspecified atom stereocenters. The molecular weight excluding hydrogens is 348 g/mol. The van der Waals surface area contributed by atoms with Crippen LogP contribution in [0.3, 0.4) is 0 Å². The molecule has 0 saturated carbocycles. The fraction of sp³-hybridized carbons (Fsp3) is 0.312. The number of anilines is 1. The van der Waals surface area contributed by atoms with Gasteiger partial charge >= 0.3 is 0 Å². The van der Waals surface area contributed by atoms with E-state index in [0.29, 0.717) is 12.6 Å². The molecule has 2 heterocycles. The Balaban J connectivity index is 1.65. The van der Waals surface area contributed by atoms with E-state index in [-0.39, 0.29) is 5.91 Å². The van der Waals surface area contributed by atoms with Gasteiger partial charge in [0.1, 0.15) is 6.04 Å². The quantitative estimate of drug-likeness (QED) is 0.861. The van der Waals surface area contributed by atoms with E-state index in [1.807, 2.05) is 35.6 Å². The molecule has 0 aliphatic carbocycles. The highest BCUT2D eigenvalue weighted by Gasteiger charge is 2.29. The number of rotatable bonds is 3. The van der Waals surface area contributed by atoms with Gasteiger partial charge in [-0.25, -0.2) is 0 Å². The van der Waals surface area contributed by atoms with Crippen molar-refractivity contribution in [3.8, 4) is 0 Å². The van der Waals surface area contributed by atoms with E-state index in [0.717, 1.165) is 23.1 Å². The lowest BCUT2D eigenvalue weighted by Gasteiger charge is -2.29. The van der Waals surface area contributed by atoms with Crippen LogP contribution in [0.15, 0.2) is 40.2 Å². The molecule has 3 nitrogen and oxygen atoms in total. The van der Waals surface area contributed by atoms with Gasteiger partial charge in [-0.1, -0.05) is 12.1 Å². The number of carbonyl (C=O) groups excluding carboxylic acids is 1. The minimum Gasteiger partial charge on any atom is -0.321 e. The number of halogens is 1. The molecule has 5 heteroatoms. The normalized spacial score (nSPS) is 20.9. The standard InChI is InChI=1S/C16H17BrN2OS/c1-11-12-7-9-21-15(12)6-8-19(11)10-16(20)18-14-5-3-2-4-13(14)17/h2-5,7,9,11H,6,8,10H2,1H3,(H,18,20)/p+1/t11-/m0/s1. The third-order valence-electron chi connectivity index (χ3n) is 4.07. The van der Waals surface area contributed by atoms with Crippen LogP contribution in [0.1, 0.15) is 23.4 Å². The number of benzene rings is 1. The van der Waals surface area contributed by atoms with E-state index in [1.165, 1.54) is 15.3 Å². The first kappa shape index (κ1) is 14.8. The number of hydrogen-bond donors (Lipinski definition) is 2. The van der Waals surface area contributed by atoms with E-state index < -0.39 is 0 Å². The van der Waals surface area contributed by atoms with Gasteiger partial charge in [0.2, 0.25) is 0 Å². The summed E-state index contributed by atoms with van der Waals surface area (Å²) in [5.41, 5.74) is 2.25. The second kappa shape index (κ2) is 6.30. The van der Waals surface area contributed by atoms with Crippen LogP contribution in [-0.2, 0) is 11.2 Å². The van der Waals surface area contributed by atoms with Gasteiger partial charge in [-0.2, -0.15) is 0 Å². The smallest absolute Gasteiger partial charge is 0.279 e. The van der Waals surface area contributed by atoms with Gasteiger partial charge in [0.05, 0.1) is 12.2 Å². The molecule has 21 heavy (non-hydrogen) atoms. The van der Waals surface area contributed by atoms with Gasteiger partial charge in [-0.15, -0.1) is 11.3 Å². The zero-order chi connectivity index (χ0) is 14.8. The molecule has 1 aliphatic rings. The minimum atomic E-state index is 0.0717. The summed E-state index contributed by atoms with van der Waals surface area (Å²) >= 11 is 5.29. The fourth-order valence-electron chi connectivity index (χ4n) is 2.85. The van der Waals surface area contributed by atoms with Crippen LogP contribution in [0.25, 0.3) is 0 Å². The van der Waals surface area contributed by atoms with E-state index in [4.69, 9.17) is 0 Å². The Morgan fingerprint density at radius 2 is 2.24 bits per heavy atom. The first-order valence-electron chi connectivity index (χ1n) is 7.10. The number of quaternary nitrogens is 1. The largest absolute Gasteiger partial charge is 0.321 e. The van der Waals surface area contributed by atoms with Crippen LogP contribution in [0.2, 0.25) is 0 Å². The Bertz CT molecular complexity index is 655. The molecule has 0 saturated heterocycles. The summed E-state index contributed by atoms with van der Waals surface area (Å²) in [4.78, 5) is 15.1. The van der Waals surface area contributed by atoms with Crippen LogP contribution >= 0.6 is 27.3 Å². The molecule has 2 aromatic rings. The predicted molar refractivity (Wildman–Crippen MR) is 89.9 cm³/mol. The molecule has 0 spiro atoms. The van der Waals surface area contributed by atoms with Crippen LogP contribution in [-0.4, -0.2) is 19.0 Å². The number of carbonyl (C=O) groups is 1. The zero-order valence-corrected chi connectivity index (χ0v) is 14.3. The summed E-state index contributed by atoms with van der Waals surface area (Å²) in [5.74, 6) is 0.0717. The summed E-state index contributed by atoms with van der Waals surface area (Å²) in [7, 11) is 0. The maximum Gasteiger partial charge on any atom is 0.279 e. The summed E-state index contributed by atoms with van der Waals surface area (Å²) in [6, 6.07) is 10.3. The van der Waals surface area contributed by atoms with Crippen LogP contribution in [0.4, 0.5) is 5.69 Å². The van der Waals surface area contributed by atoms with Crippen molar-refractivity contribution >= 4 is 38.9 Å². The first-order chi connectivity index (χ1) is 10.1. The van der Waals surface area contributed by atoms with E-state index in [9.17, 15) is 4.79 Å². The van der Waals surface area contributed by atoms with E-state index in [1.54, 1.807) is 0 Å². The Hall–Kier alpha value is -1.17. The predicted octanol–water partition coefficient (Wildman–Crippen LogP) is 2.65. The van der Waals surface area contributed by atoms with Gasteiger partial charge in [0.15, 0.2) is 6.54 Å². The Morgan fingerprint density at radius 1 is 1.43 bits per heavy atom. The van der Waals surface area contributed by atoms with Gasteiger partial charge < -0.3 is 10.2 Å². The van der Waals surface area contributed by atoms with Gasteiger partial charge in [0, 0.05) is 21.3 Å². The lowest BCUT2D eigenvalue weighted by atomic mass is 10.0. The molecule has 2 atom stereocenters. The van der Waals surface area contributed by atoms with Crippen LogP contribution in [0.5, 0.6) is 0 Å². The maximum absolute atomic E-state index is 12.3. The number of fused-ring (bicyclic) bond motifs is 1. The summed E-state index contributed by atoms with van der Waals surface area (Å²) in [6.45, 7) is 3.75. The third-order valence-corrected chi connectivity index (χ3v) is 5.76. The lowest BCUT2D eigenvalue weighted by Crippen LogP contribution is -3.14. The van der Waals surface area contributed by atoms with Crippen molar-refractivity contribution in [2.24, 2.45) is 0 Å². The second-order valence-electron chi connectivity index (χ2n) is 5.38. The summed E-state index contributed by atoms with van der Waals surface area (Å²) in [5, 5.41) is 5.15. The van der Waals surface area contributed by atoms with Gasteiger partial charge in [0.25, 0.3) is 5.91 Å². The fourth-order valence-corrected chi connectivity index (χ4v) is 4.22. The molecule has 2 N–H and O–H groups in total. The Morgan fingerprint density at radius 3 is 3.05 bits per heavy atom. The highest BCUT2D eigenvalue weighted by atomic mass is 79.9. The molecular formula is C16H18BrN2OS+. The molecule has 1 aromatic heterocycles. The third kappa shape index (κ3) is 3.20. The molecule has 0 radical (unpaired) electrons. The Kier molecular flexibility index (Phi) is 4.42. The zero-order valence-electron chi connectivity index (χ0n) is 11.9. The SMILES string of the molecule is C[C@H]1c2ccsc2CC[NH+]1CC(=O)Nc1ccccc1Br. The second-order valence-corrected chi connectivity index (χ2v) is 7.24. The molecule has 1 aromatic carbocycles. The first-order valence-corrected chi connectivity index (χ1v) is 8.77. The van der Waals surface area contributed by atoms with Crippen molar-refractivity contribution in [2.45, 2.75) is 19.4 Å². The van der Waals surface area contributed by atoms with E-state index >= 15 is 0 Å². The number of thiophene rings is 1. The highest BCUT2D eigenvalue weighted by Crippen LogP contribution is 2.24. The molecule has 110 valence electrons. The van der Waals surface area contributed by atoms with Crippen molar-refractivity contribution < 1.29 is 9.69 Å². The number of hydrogen-bond acceptors (Lipinski definition) is 2. The lowest BCUT2D eigenvalue weighted by molar-refractivity contribution is -0.923. The minimum absolute atomic E-state index is 0.0717. The number of para-hydroxylation sites is 1. The van der Waals surface area contributed by atoms with Crippen molar-refractivity contribution in [3.63, 3.8) is 0 Å². The van der Waals surface area contributed by atoms with Crippen molar-refractivity contribution in [3.05, 3.63) is 50.6 Å². The molecule has 0 bridgehead atoms. The maximum atomic E-state index is 12.3. The topological polar surface area (TPSA) is 33.5 Å². The molecule has 3 rings (SSSR count). The average Bonchev–Trinajstić information content (AvgIpc) is 2.94. The average molecular weight is 366 g/mol. The van der Waals surface area contributed by atoms with Crippen molar-refractivity contribution in [2.75, 3.05) is 18.4 Å².